The average Bonchev–Trinajstić information content (AvgIpc) is 2.34. The van der Waals surface area contributed by atoms with Gasteiger partial charge >= 0.3 is 5.97 Å². The molecule has 0 saturated heterocycles. The summed E-state index contributed by atoms with van der Waals surface area (Å²) >= 11 is 0. The Bertz CT molecular complexity index is 363. The maximum atomic E-state index is 10.7. The average molecular weight is 297 g/mol. The highest BCUT2D eigenvalue weighted by molar-refractivity contribution is 7.80. The highest BCUT2D eigenvalue weighted by Crippen LogP contribution is 1.98. The summed E-state index contributed by atoms with van der Waals surface area (Å²) in [5, 5.41) is 0. The van der Waals surface area contributed by atoms with Crippen LogP contribution in [0.4, 0.5) is 0 Å². The van der Waals surface area contributed by atoms with Crippen LogP contribution >= 0.6 is 0 Å². The van der Waals surface area contributed by atoms with Gasteiger partial charge in [-0.25, -0.2) is 13.2 Å². The quantitative estimate of drug-likeness (QED) is 0.167. The maximum Gasteiger partial charge on any atom is 0.330 e. The zero-order valence-electron chi connectivity index (χ0n) is 11.9. The summed E-state index contributed by atoms with van der Waals surface area (Å²) in [6, 6.07) is 0. The van der Waals surface area contributed by atoms with Crippen LogP contribution in [-0.2, 0) is 24.1 Å². The van der Waals surface area contributed by atoms with Crippen molar-refractivity contribution < 1.29 is 31.2 Å². The van der Waals surface area contributed by atoms with Gasteiger partial charge in [0.25, 0.3) is 0 Å². The van der Waals surface area contributed by atoms with Crippen molar-refractivity contribution in [3.8, 4) is 0 Å². The van der Waals surface area contributed by atoms with Gasteiger partial charge in [0.15, 0.2) is 0 Å². The molecule has 0 aromatic heterocycles. The Balaban J connectivity index is 0. The first-order valence-corrected chi connectivity index (χ1v) is 7.04. The fourth-order valence-corrected chi connectivity index (χ4v) is 0.882. The fraction of sp³-hybridized carbons (Fsp3) is 0.727. The molecule has 0 spiro atoms. The van der Waals surface area contributed by atoms with Gasteiger partial charge in [-0.05, 0) is 6.92 Å². The summed E-state index contributed by atoms with van der Waals surface area (Å²) in [4.78, 5) is 10.7. The predicted molar refractivity (Wildman–Crippen MR) is 70.0 cm³/mol. The van der Waals surface area contributed by atoms with Crippen LogP contribution in [0.25, 0.3) is 0 Å². The van der Waals surface area contributed by atoms with Gasteiger partial charge in [0, 0.05) is 12.5 Å². The molecule has 0 atom stereocenters. The van der Waals surface area contributed by atoms with Crippen molar-refractivity contribution in [2.24, 2.45) is 0 Å². The van der Waals surface area contributed by atoms with Gasteiger partial charge in [-0.15, -0.1) is 0 Å². The highest BCUT2D eigenvalue weighted by Gasteiger charge is 2.10. The summed E-state index contributed by atoms with van der Waals surface area (Å²) in [6.45, 7) is 8.09. The molecule has 0 N–H and O–H groups in total. The van der Waals surface area contributed by atoms with Gasteiger partial charge < -0.3 is 13.8 Å². The summed E-state index contributed by atoms with van der Waals surface area (Å²) in [5.41, 5.74) is 0. The molecular formula is C11H23NO6S. The molecule has 19 heavy (non-hydrogen) atoms. The normalized spacial score (nSPS) is 11.2. The predicted octanol–water partition coefficient (Wildman–Crippen LogP) is 0.295. The van der Waals surface area contributed by atoms with Crippen molar-refractivity contribution in [3.63, 3.8) is 0 Å². The van der Waals surface area contributed by atoms with Crippen molar-refractivity contribution in [2.75, 3.05) is 40.9 Å². The summed E-state index contributed by atoms with van der Waals surface area (Å²) in [6.07, 6.45) is 2.10. The zero-order valence-corrected chi connectivity index (χ0v) is 12.7. The minimum absolute atomic E-state index is 0.332. The van der Waals surface area contributed by atoms with Crippen molar-refractivity contribution in [1.82, 2.24) is 0 Å². The van der Waals surface area contributed by atoms with Crippen LogP contribution in [0.5, 0.6) is 0 Å². The summed E-state index contributed by atoms with van der Waals surface area (Å²) in [5.74, 6) is -0.332. The van der Waals surface area contributed by atoms with Crippen molar-refractivity contribution in [1.29, 1.82) is 0 Å². The second-order valence-electron chi connectivity index (χ2n) is 4.28. The van der Waals surface area contributed by atoms with E-state index in [0.29, 0.717) is 6.61 Å². The van der Waals surface area contributed by atoms with Gasteiger partial charge in [0.05, 0.1) is 40.9 Å². The molecular weight excluding hydrogens is 274 g/mol. The van der Waals surface area contributed by atoms with Gasteiger partial charge in [0.1, 0.15) is 0 Å². The molecule has 0 aliphatic rings. The Labute approximate surface area is 115 Å². The first kappa shape index (κ1) is 20.4. The molecule has 0 rings (SSSR count). The smallest absolute Gasteiger partial charge is 0.330 e. The number of carbonyl (C=O) groups is 1. The first-order chi connectivity index (χ1) is 8.58. The topological polar surface area (TPSA) is 92.7 Å². The van der Waals surface area contributed by atoms with E-state index in [0.717, 1.165) is 31.1 Å². The third kappa shape index (κ3) is 17.0. The SMILES string of the molecule is C=CC(=O)OCCC[N+](C)(C)CC.COS(=O)(=O)[O-]. The van der Waals surface area contributed by atoms with Crippen LogP contribution in [0.1, 0.15) is 13.3 Å². The van der Waals surface area contributed by atoms with Crippen LogP contribution in [0, 0.1) is 0 Å². The van der Waals surface area contributed by atoms with Crippen LogP contribution < -0.4 is 0 Å². The lowest BCUT2D eigenvalue weighted by atomic mass is 10.3. The largest absolute Gasteiger partial charge is 0.726 e. The molecule has 0 aromatic rings. The van der Waals surface area contributed by atoms with E-state index in [4.69, 9.17) is 4.74 Å². The number of carbonyl (C=O) groups excluding carboxylic acids is 1. The van der Waals surface area contributed by atoms with Gasteiger partial charge in [0.2, 0.25) is 10.4 Å². The zero-order chi connectivity index (χ0) is 15.5. The molecule has 0 aliphatic carbocycles. The molecule has 0 bridgehead atoms. The number of esters is 1. The Hall–Kier alpha value is -0.960. The van der Waals surface area contributed by atoms with E-state index >= 15 is 0 Å². The van der Waals surface area contributed by atoms with Crippen LogP contribution in [-0.4, -0.2) is 64.3 Å². The Morgan fingerprint density at radius 1 is 1.42 bits per heavy atom. The molecule has 0 fully saturated rings. The maximum absolute atomic E-state index is 10.7. The second-order valence-corrected chi connectivity index (χ2v) is 5.43. The number of hydrogen-bond acceptors (Lipinski definition) is 6. The Morgan fingerprint density at radius 2 is 1.89 bits per heavy atom. The fourth-order valence-electron chi connectivity index (χ4n) is 0.882. The number of hydrogen-bond donors (Lipinski definition) is 0. The van der Waals surface area contributed by atoms with E-state index in [1.165, 1.54) is 6.08 Å². The van der Waals surface area contributed by atoms with Crippen molar-refractivity contribution in [3.05, 3.63) is 12.7 Å². The van der Waals surface area contributed by atoms with Crippen LogP contribution in [0.3, 0.4) is 0 Å². The minimum atomic E-state index is -4.41. The Morgan fingerprint density at radius 3 is 2.21 bits per heavy atom. The molecule has 0 saturated carbocycles. The standard InChI is InChI=1S/C10H20NO2.CH4O4S/c1-5-10(12)13-9-7-8-11(3,4)6-2;1-5-6(2,3)4/h5H,1,6-9H2,2-4H3;1H3,(H,2,3,4)/q+1;/p-1. The molecule has 0 aromatic carbocycles. The third-order valence-corrected chi connectivity index (χ3v) is 2.79. The molecule has 114 valence electrons. The lowest BCUT2D eigenvalue weighted by Crippen LogP contribution is -2.40. The molecule has 0 amide bonds. The molecule has 0 unspecified atom stereocenters. The van der Waals surface area contributed by atoms with E-state index in [1.807, 2.05) is 0 Å². The minimum Gasteiger partial charge on any atom is -0.726 e. The van der Waals surface area contributed by atoms with E-state index in [2.05, 4.69) is 31.8 Å². The molecule has 0 heterocycles. The third-order valence-electron chi connectivity index (χ3n) is 2.38. The second kappa shape index (κ2) is 9.90. The summed E-state index contributed by atoms with van der Waals surface area (Å²) < 4.78 is 36.8. The molecule has 0 radical (unpaired) electrons. The van der Waals surface area contributed by atoms with E-state index in [-0.39, 0.29) is 5.97 Å². The van der Waals surface area contributed by atoms with Crippen LogP contribution in [0.2, 0.25) is 0 Å². The van der Waals surface area contributed by atoms with Crippen molar-refractivity contribution >= 4 is 16.4 Å². The monoisotopic (exact) mass is 297 g/mol. The van der Waals surface area contributed by atoms with Gasteiger partial charge in [-0.3, -0.25) is 4.18 Å². The number of rotatable bonds is 7. The highest BCUT2D eigenvalue weighted by atomic mass is 32.3. The molecule has 7 nitrogen and oxygen atoms in total. The number of quaternary nitrogens is 1. The van der Waals surface area contributed by atoms with E-state index in [1.54, 1.807) is 0 Å². The van der Waals surface area contributed by atoms with Crippen LogP contribution in [0.15, 0.2) is 12.7 Å². The molecule has 8 heteroatoms. The van der Waals surface area contributed by atoms with E-state index in [9.17, 15) is 17.8 Å². The number of ether oxygens (including phenoxy) is 1. The lowest BCUT2D eigenvalue weighted by Gasteiger charge is -2.27. The van der Waals surface area contributed by atoms with Gasteiger partial charge in [-0.1, -0.05) is 6.58 Å². The first-order valence-electron chi connectivity index (χ1n) is 5.70. The van der Waals surface area contributed by atoms with Gasteiger partial charge in [-0.2, -0.15) is 0 Å². The van der Waals surface area contributed by atoms with Crippen molar-refractivity contribution in [2.45, 2.75) is 13.3 Å². The van der Waals surface area contributed by atoms with E-state index < -0.39 is 10.4 Å². The number of nitrogens with zero attached hydrogens (tertiary/aromatic N) is 1. The summed E-state index contributed by atoms with van der Waals surface area (Å²) in [7, 11) is 0.720. The lowest BCUT2D eigenvalue weighted by molar-refractivity contribution is -0.888. The Kier molecular flexibility index (Phi) is 10.6. The molecule has 0 aliphatic heterocycles.